The van der Waals surface area contributed by atoms with Crippen LogP contribution in [0.3, 0.4) is 0 Å². The van der Waals surface area contributed by atoms with Crippen LogP contribution in [0.25, 0.3) is 16.5 Å². The summed E-state index contributed by atoms with van der Waals surface area (Å²) in [7, 11) is 0. The molecule has 5 rings (SSSR count). The molecule has 0 atom stereocenters. The molecule has 8 nitrogen and oxygen atoms in total. The lowest BCUT2D eigenvalue weighted by Crippen LogP contribution is -2.35. The molecule has 1 aromatic carbocycles. The molecule has 8 heteroatoms. The van der Waals surface area contributed by atoms with E-state index < -0.39 is 0 Å². The van der Waals surface area contributed by atoms with Crippen molar-refractivity contribution in [2.24, 2.45) is 0 Å². The lowest BCUT2D eigenvalue weighted by Gasteiger charge is -2.22. The van der Waals surface area contributed by atoms with Gasteiger partial charge in [0.15, 0.2) is 5.82 Å². The Labute approximate surface area is 180 Å². The van der Waals surface area contributed by atoms with Gasteiger partial charge in [-0.05, 0) is 48.7 Å². The Morgan fingerprint density at radius 3 is 3.00 bits per heavy atom. The van der Waals surface area contributed by atoms with Crippen LogP contribution in [-0.4, -0.2) is 35.4 Å². The van der Waals surface area contributed by atoms with Gasteiger partial charge in [-0.15, -0.1) is 5.53 Å². The molecule has 2 aromatic heterocycles. The second-order valence-corrected chi connectivity index (χ2v) is 7.72. The van der Waals surface area contributed by atoms with E-state index in [4.69, 9.17) is 15.1 Å². The number of aromatic nitrogens is 2. The molecular weight excluding hydrogens is 390 g/mol. The fourth-order valence-corrected chi connectivity index (χ4v) is 3.87. The third kappa shape index (κ3) is 4.21. The van der Waals surface area contributed by atoms with Gasteiger partial charge in [-0.3, -0.25) is 9.99 Å². The minimum Gasteiger partial charge on any atom is -0.387 e. The predicted molar refractivity (Wildman–Crippen MR) is 123 cm³/mol. The maximum Gasteiger partial charge on any atom is 0.170 e. The molecule has 158 valence electrons. The molecule has 4 N–H and O–H groups in total. The fourth-order valence-electron chi connectivity index (χ4n) is 3.87. The highest BCUT2D eigenvalue weighted by atomic mass is 16.5. The average molecular weight is 416 g/mol. The first-order valence-electron chi connectivity index (χ1n) is 10.5. The van der Waals surface area contributed by atoms with E-state index in [9.17, 15) is 0 Å². The highest BCUT2D eigenvalue weighted by Crippen LogP contribution is 2.30. The van der Waals surface area contributed by atoms with Gasteiger partial charge < -0.3 is 20.9 Å². The molecule has 0 radical (unpaired) electrons. The standard InChI is InChI=1S/C23H25N7O/c24-13-18(14-26-19-7-10-31-11-8-19)21-5-6-22-23(27-21)30(29-28-22)15-16-3-4-20-17(12-16)2-1-9-25-20/h1-6,9,12-14,19,24,26,28-29H,7-8,10-11,15H2/b18-14+,24-13?. The molecule has 2 aliphatic heterocycles. The summed E-state index contributed by atoms with van der Waals surface area (Å²) in [5, 5.41) is 14.4. The van der Waals surface area contributed by atoms with E-state index in [1.165, 1.54) is 6.21 Å². The number of rotatable bonds is 6. The van der Waals surface area contributed by atoms with Crippen molar-refractivity contribution in [2.75, 3.05) is 23.6 Å². The lowest BCUT2D eigenvalue weighted by atomic mass is 10.1. The van der Waals surface area contributed by atoms with Gasteiger partial charge in [0.05, 0.1) is 23.4 Å². The van der Waals surface area contributed by atoms with Gasteiger partial charge >= 0.3 is 0 Å². The molecule has 3 aromatic rings. The van der Waals surface area contributed by atoms with Gasteiger partial charge in [-0.1, -0.05) is 12.1 Å². The molecule has 4 heterocycles. The summed E-state index contributed by atoms with van der Waals surface area (Å²) in [6.07, 6.45) is 7.00. The van der Waals surface area contributed by atoms with Crippen molar-refractivity contribution < 1.29 is 4.74 Å². The second-order valence-electron chi connectivity index (χ2n) is 7.72. The van der Waals surface area contributed by atoms with E-state index in [-0.39, 0.29) is 0 Å². The van der Waals surface area contributed by atoms with Crippen molar-refractivity contribution in [1.29, 1.82) is 5.41 Å². The van der Waals surface area contributed by atoms with Crippen LogP contribution in [0.15, 0.2) is 54.9 Å². The number of benzene rings is 1. The Bertz CT molecular complexity index is 1120. The number of pyridine rings is 2. The molecule has 0 bridgehead atoms. The van der Waals surface area contributed by atoms with Crippen molar-refractivity contribution in [3.63, 3.8) is 0 Å². The molecule has 0 saturated carbocycles. The third-order valence-corrected chi connectivity index (χ3v) is 5.61. The quantitative estimate of drug-likeness (QED) is 0.459. The molecule has 1 saturated heterocycles. The molecule has 0 spiro atoms. The van der Waals surface area contributed by atoms with Crippen LogP contribution in [0.4, 0.5) is 11.5 Å². The number of nitrogens with zero attached hydrogens (tertiary/aromatic N) is 3. The van der Waals surface area contributed by atoms with Crippen LogP contribution in [-0.2, 0) is 11.3 Å². The summed E-state index contributed by atoms with van der Waals surface area (Å²) in [4.78, 5) is 9.22. The summed E-state index contributed by atoms with van der Waals surface area (Å²) in [6, 6.07) is 14.6. The van der Waals surface area contributed by atoms with Gasteiger partial charge in [0.2, 0.25) is 0 Å². The number of hydrazine groups is 2. The predicted octanol–water partition coefficient (Wildman–Crippen LogP) is 3.24. The Morgan fingerprint density at radius 1 is 1.23 bits per heavy atom. The van der Waals surface area contributed by atoms with E-state index >= 15 is 0 Å². The number of hydrogen-bond donors (Lipinski definition) is 4. The fraction of sp³-hybridized carbons (Fsp3) is 0.261. The van der Waals surface area contributed by atoms with Crippen LogP contribution in [0.5, 0.6) is 0 Å². The minimum absolute atomic E-state index is 0.375. The SMILES string of the molecule is N=C/C(=C\NC1CCOCC1)c1ccc2c(n1)N(Cc1ccc3ncccc3c1)NN2. The topological polar surface area (TPSA) is 98.2 Å². The Hall–Kier alpha value is -3.49. The smallest absolute Gasteiger partial charge is 0.170 e. The van der Waals surface area contributed by atoms with E-state index in [0.29, 0.717) is 12.6 Å². The van der Waals surface area contributed by atoms with E-state index in [1.54, 1.807) is 6.20 Å². The largest absolute Gasteiger partial charge is 0.387 e. The van der Waals surface area contributed by atoms with Gasteiger partial charge in [0, 0.05) is 48.8 Å². The number of anilines is 2. The van der Waals surface area contributed by atoms with Crippen molar-refractivity contribution in [3.05, 3.63) is 66.1 Å². The molecule has 31 heavy (non-hydrogen) atoms. The zero-order valence-corrected chi connectivity index (χ0v) is 17.1. The Kier molecular flexibility index (Phi) is 5.47. The first-order chi connectivity index (χ1) is 15.3. The molecule has 1 fully saturated rings. The number of allylic oxidation sites excluding steroid dienone is 1. The molecule has 0 unspecified atom stereocenters. The van der Waals surface area contributed by atoms with Gasteiger partial charge in [-0.2, -0.15) is 0 Å². The summed E-state index contributed by atoms with van der Waals surface area (Å²) >= 11 is 0. The summed E-state index contributed by atoms with van der Waals surface area (Å²) in [5.74, 6) is 0.808. The molecule has 0 amide bonds. The zero-order valence-electron chi connectivity index (χ0n) is 17.1. The maximum absolute atomic E-state index is 7.87. The Morgan fingerprint density at radius 2 is 2.13 bits per heavy atom. The van der Waals surface area contributed by atoms with E-state index in [2.05, 4.69) is 39.5 Å². The first kappa shape index (κ1) is 19.5. The number of ether oxygens (including phenoxy) is 1. The molecule has 0 aliphatic carbocycles. The number of fused-ring (bicyclic) bond motifs is 2. The summed E-state index contributed by atoms with van der Waals surface area (Å²) in [5.41, 5.74) is 10.9. The number of nitrogens with one attached hydrogen (secondary N) is 4. The van der Waals surface area contributed by atoms with Gasteiger partial charge in [-0.25, -0.2) is 4.98 Å². The van der Waals surface area contributed by atoms with Crippen molar-refractivity contribution in [1.82, 2.24) is 20.8 Å². The van der Waals surface area contributed by atoms with Crippen LogP contribution in [0.2, 0.25) is 0 Å². The van der Waals surface area contributed by atoms with Crippen LogP contribution < -0.4 is 21.3 Å². The van der Waals surface area contributed by atoms with Crippen molar-refractivity contribution in [2.45, 2.75) is 25.4 Å². The van der Waals surface area contributed by atoms with Crippen LogP contribution in [0, 0.1) is 5.41 Å². The van der Waals surface area contributed by atoms with Crippen molar-refractivity contribution >= 4 is 34.2 Å². The molecule has 2 aliphatic rings. The van der Waals surface area contributed by atoms with Crippen LogP contribution in [0.1, 0.15) is 24.1 Å². The average Bonchev–Trinajstić information content (AvgIpc) is 3.22. The normalized spacial score (nSPS) is 16.8. The Balaban J connectivity index is 1.36. The highest BCUT2D eigenvalue weighted by Gasteiger charge is 2.21. The third-order valence-electron chi connectivity index (χ3n) is 5.61. The summed E-state index contributed by atoms with van der Waals surface area (Å²) in [6.45, 7) is 2.20. The van der Waals surface area contributed by atoms with Gasteiger partial charge in [0.1, 0.15) is 0 Å². The molecular formula is C23H25N7O. The number of hydrogen-bond acceptors (Lipinski definition) is 8. The summed E-state index contributed by atoms with van der Waals surface area (Å²) < 4.78 is 5.41. The van der Waals surface area contributed by atoms with E-state index in [1.807, 2.05) is 35.5 Å². The minimum atomic E-state index is 0.375. The maximum atomic E-state index is 7.87. The van der Waals surface area contributed by atoms with Gasteiger partial charge in [0.25, 0.3) is 0 Å². The van der Waals surface area contributed by atoms with Crippen molar-refractivity contribution in [3.8, 4) is 0 Å². The lowest BCUT2D eigenvalue weighted by molar-refractivity contribution is 0.0812. The first-order valence-corrected chi connectivity index (χ1v) is 10.5. The highest BCUT2D eigenvalue weighted by molar-refractivity contribution is 6.07. The van der Waals surface area contributed by atoms with E-state index in [0.717, 1.165) is 65.3 Å². The second kappa shape index (κ2) is 8.71. The van der Waals surface area contributed by atoms with Crippen LogP contribution >= 0.6 is 0 Å². The monoisotopic (exact) mass is 415 g/mol. The zero-order chi connectivity index (χ0) is 21.0.